The largest absolute Gasteiger partial charge is 0.409 e. The van der Waals surface area contributed by atoms with Crippen LogP contribution in [0.5, 0.6) is 0 Å². The second-order valence-corrected chi connectivity index (χ2v) is 4.62. The van der Waals surface area contributed by atoms with Gasteiger partial charge in [-0.3, -0.25) is 0 Å². The quantitative estimate of drug-likeness (QED) is 0.305. The monoisotopic (exact) mass is 228 g/mol. The van der Waals surface area contributed by atoms with Crippen LogP contribution in [0.15, 0.2) is 16.7 Å². The van der Waals surface area contributed by atoms with Crippen LogP contribution < -0.4 is 11.1 Å². The standard InChI is InChI=1S/C9H16N4OS/c1-9(2,8-11-5-6-15-8)12-4-3-7(10)13-14/h5-6,12,14H,3-4H2,1-2H3,(H2,10,13). The molecule has 0 unspecified atom stereocenters. The minimum absolute atomic E-state index is 0.177. The van der Waals surface area contributed by atoms with Gasteiger partial charge in [-0.15, -0.1) is 11.3 Å². The Labute approximate surface area is 93.0 Å². The van der Waals surface area contributed by atoms with Gasteiger partial charge in [0.15, 0.2) is 0 Å². The van der Waals surface area contributed by atoms with Crippen molar-refractivity contribution in [2.75, 3.05) is 6.54 Å². The predicted molar refractivity (Wildman–Crippen MR) is 61.2 cm³/mol. The molecule has 0 atom stereocenters. The molecule has 0 fully saturated rings. The van der Waals surface area contributed by atoms with Crippen molar-refractivity contribution in [2.45, 2.75) is 25.8 Å². The van der Waals surface area contributed by atoms with E-state index in [1.807, 2.05) is 5.38 Å². The van der Waals surface area contributed by atoms with Crippen molar-refractivity contribution in [2.24, 2.45) is 10.9 Å². The Hall–Kier alpha value is -1.14. The maximum Gasteiger partial charge on any atom is 0.140 e. The van der Waals surface area contributed by atoms with Crippen LogP contribution >= 0.6 is 11.3 Å². The summed E-state index contributed by atoms with van der Waals surface area (Å²) in [5.74, 6) is 0.234. The number of hydrogen-bond donors (Lipinski definition) is 3. The number of nitrogens with two attached hydrogens (primary N) is 1. The van der Waals surface area contributed by atoms with Gasteiger partial charge in [-0.1, -0.05) is 5.16 Å². The predicted octanol–water partition coefficient (Wildman–Crippen LogP) is 1.10. The van der Waals surface area contributed by atoms with E-state index in [1.54, 1.807) is 17.5 Å². The van der Waals surface area contributed by atoms with Crippen LogP contribution in [-0.2, 0) is 5.54 Å². The fourth-order valence-electron chi connectivity index (χ4n) is 1.16. The minimum Gasteiger partial charge on any atom is -0.409 e. The fraction of sp³-hybridized carbons (Fsp3) is 0.556. The van der Waals surface area contributed by atoms with Gasteiger partial charge in [-0.25, -0.2) is 4.98 Å². The highest BCUT2D eigenvalue weighted by molar-refractivity contribution is 7.09. The van der Waals surface area contributed by atoms with Gasteiger partial charge in [0.2, 0.25) is 0 Å². The lowest BCUT2D eigenvalue weighted by atomic mass is 10.1. The van der Waals surface area contributed by atoms with Crippen LogP contribution in [0.25, 0.3) is 0 Å². The Morgan fingerprint density at radius 1 is 1.73 bits per heavy atom. The van der Waals surface area contributed by atoms with E-state index in [-0.39, 0.29) is 11.4 Å². The van der Waals surface area contributed by atoms with Gasteiger partial charge < -0.3 is 16.3 Å². The second kappa shape index (κ2) is 5.09. The van der Waals surface area contributed by atoms with Crippen molar-refractivity contribution in [1.29, 1.82) is 0 Å². The lowest BCUT2D eigenvalue weighted by Crippen LogP contribution is -2.38. The molecule has 15 heavy (non-hydrogen) atoms. The van der Waals surface area contributed by atoms with Crippen LogP contribution in [0.4, 0.5) is 0 Å². The van der Waals surface area contributed by atoms with E-state index < -0.39 is 0 Å². The maximum absolute atomic E-state index is 8.37. The van der Waals surface area contributed by atoms with Crippen LogP contribution in [0.2, 0.25) is 0 Å². The molecule has 0 saturated heterocycles. The summed E-state index contributed by atoms with van der Waals surface area (Å²) in [5, 5.41) is 17.6. The molecule has 0 aliphatic heterocycles. The molecule has 0 amide bonds. The first kappa shape index (κ1) is 11.9. The molecule has 5 nitrogen and oxygen atoms in total. The molecule has 1 aromatic rings. The Balaban J connectivity index is 2.44. The molecule has 0 aromatic carbocycles. The number of hydrogen-bond acceptors (Lipinski definition) is 5. The van der Waals surface area contributed by atoms with Gasteiger partial charge in [-0.2, -0.15) is 0 Å². The van der Waals surface area contributed by atoms with Gasteiger partial charge in [0, 0.05) is 24.5 Å². The highest BCUT2D eigenvalue weighted by Gasteiger charge is 2.21. The van der Waals surface area contributed by atoms with Crippen LogP contribution in [0.3, 0.4) is 0 Å². The van der Waals surface area contributed by atoms with Crippen LogP contribution in [0, 0.1) is 0 Å². The van der Waals surface area contributed by atoms with E-state index >= 15 is 0 Å². The first-order chi connectivity index (χ1) is 7.06. The number of oxime groups is 1. The van der Waals surface area contributed by atoms with Crippen molar-refractivity contribution in [3.8, 4) is 0 Å². The van der Waals surface area contributed by atoms with Gasteiger partial charge in [0.05, 0.1) is 5.54 Å². The number of aromatic nitrogens is 1. The number of thiazole rings is 1. The molecule has 0 saturated carbocycles. The SMILES string of the molecule is CC(C)(NCC/C(N)=N/O)c1nccs1. The highest BCUT2D eigenvalue weighted by atomic mass is 32.1. The number of nitrogens with one attached hydrogen (secondary N) is 1. The molecule has 0 spiro atoms. The molecule has 0 aliphatic rings. The van der Waals surface area contributed by atoms with Crippen LogP contribution in [-0.4, -0.2) is 22.6 Å². The zero-order valence-corrected chi connectivity index (χ0v) is 9.71. The highest BCUT2D eigenvalue weighted by Crippen LogP contribution is 2.21. The summed E-state index contributed by atoms with van der Waals surface area (Å²) in [6, 6.07) is 0. The molecule has 84 valence electrons. The molecule has 0 bridgehead atoms. The molecule has 0 radical (unpaired) electrons. The molecule has 4 N–H and O–H groups in total. The number of rotatable bonds is 5. The molecular formula is C9H16N4OS. The molecular weight excluding hydrogens is 212 g/mol. The van der Waals surface area contributed by atoms with Gasteiger partial charge in [0.1, 0.15) is 10.8 Å². The third-order valence-electron chi connectivity index (χ3n) is 2.04. The second-order valence-electron chi connectivity index (χ2n) is 3.73. The number of amidine groups is 1. The van der Waals surface area contributed by atoms with E-state index in [0.29, 0.717) is 13.0 Å². The molecule has 1 aromatic heterocycles. The van der Waals surface area contributed by atoms with Gasteiger partial charge in [0.25, 0.3) is 0 Å². The average molecular weight is 228 g/mol. The van der Waals surface area contributed by atoms with E-state index in [2.05, 4.69) is 29.3 Å². The maximum atomic E-state index is 8.37. The average Bonchev–Trinajstić information content (AvgIpc) is 2.70. The summed E-state index contributed by atoms with van der Waals surface area (Å²) < 4.78 is 0. The van der Waals surface area contributed by atoms with Gasteiger partial charge in [-0.05, 0) is 13.8 Å². The smallest absolute Gasteiger partial charge is 0.140 e. The summed E-state index contributed by atoms with van der Waals surface area (Å²) in [6.07, 6.45) is 2.30. The lowest BCUT2D eigenvalue weighted by molar-refractivity contribution is 0.316. The summed E-state index contributed by atoms with van der Waals surface area (Å²) in [6.45, 7) is 4.76. The normalized spacial score (nSPS) is 13.1. The Kier molecular flexibility index (Phi) is 4.05. The number of nitrogens with zero attached hydrogens (tertiary/aromatic N) is 2. The van der Waals surface area contributed by atoms with Crippen molar-refractivity contribution in [3.05, 3.63) is 16.6 Å². The Bertz CT molecular complexity index is 321. The van der Waals surface area contributed by atoms with Crippen LogP contribution in [0.1, 0.15) is 25.3 Å². The Morgan fingerprint density at radius 2 is 2.47 bits per heavy atom. The third kappa shape index (κ3) is 3.49. The van der Waals surface area contributed by atoms with Crippen molar-refractivity contribution in [3.63, 3.8) is 0 Å². The van der Waals surface area contributed by atoms with E-state index in [1.165, 1.54) is 0 Å². The molecule has 0 aliphatic carbocycles. The Morgan fingerprint density at radius 3 is 3.00 bits per heavy atom. The molecule has 6 heteroatoms. The third-order valence-corrected chi connectivity index (χ3v) is 3.14. The summed E-state index contributed by atoms with van der Waals surface area (Å²) in [7, 11) is 0. The molecule has 1 heterocycles. The van der Waals surface area contributed by atoms with E-state index in [9.17, 15) is 0 Å². The van der Waals surface area contributed by atoms with Gasteiger partial charge >= 0.3 is 0 Å². The zero-order valence-electron chi connectivity index (χ0n) is 8.90. The summed E-state index contributed by atoms with van der Waals surface area (Å²) in [5.41, 5.74) is 5.19. The molecule has 1 rings (SSSR count). The lowest BCUT2D eigenvalue weighted by Gasteiger charge is -2.23. The van der Waals surface area contributed by atoms with Crippen molar-refractivity contribution >= 4 is 17.2 Å². The van der Waals surface area contributed by atoms with Crippen molar-refractivity contribution < 1.29 is 5.21 Å². The topological polar surface area (TPSA) is 83.5 Å². The zero-order chi connectivity index (χ0) is 11.3. The van der Waals surface area contributed by atoms with E-state index in [0.717, 1.165) is 5.01 Å². The summed E-state index contributed by atoms with van der Waals surface area (Å²) in [4.78, 5) is 4.25. The first-order valence-electron chi connectivity index (χ1n) is 4.67. The summed E-state index contributed by atoms with van der Waals surface area (Å²) >= 11 is 1.61. The van der Waals surface area contributed by atoms with Crippen molar-refractivity contribution in [1.82, 2.24) is 10.3 Å². The van der Waals surface area contributed by atoms with E-state index in [4.69, 9.17) is 10.9 Å². The fourth-order valence-corrected chi connectivity index (χ4v) is 1.90. The first-order valence-corrected chi connectivity index (χ1v) is 5.55. The minimum atomic E-state index is -0.177.